The Morgan fingerprint density at radius 3 is 2.80 bits per heavy atom. The Kier molecular flexibility index (Phi) is 5.49. The van der Waals surface area contributed by atoms with Crippen LogP contribution in [0.3, 0.4) is 0 Å². The molecule has 1 aromatic carbocycles. The maximum atomic E-state index is 13.2. The minimum Gasteiger partial charge on any atom is -0.316 e. The summed E-state index contributed by atoms with van der Waals surface area (Å²) in [5.74, 6) is -0.184. The molecule has 0 saturated carbocycles. The highest BCUT2D eigenvalue weighted by molar-refractivity contribution is 5.17. The molecule has 0 bridgehead atoms. The van der Waals surface area contributed by atoms with Crippen molar-refractivity contribution >= 4 is 0 Å². The van der Waals surface area contributed by atoms with Crippen LogP contribution in [0.25, 0.3) is 0 Å². The van der Waals surface area contributed by atoms with E-state index in [1.165, 1.54) is 18.6 Å². The van der Waals surface area contributed by atoms with Crippen LogP contribution < -0.4 is 5.32 Å². The average Bonchev–Trinajstić information content (AvgIpc) is 2.81. The lowest BCUT2D eigenvalue weighted by Gasteiger charge is -2.17. The first kappa shape index (κ1) is 15.4. The van der Waals surface area contributed by atoms with Gasteiger partial charge in [0.05, 0.1) is 0 Å². The Morgan fingerprint density at radius 2 is 2.10 bits per heavy atom. The van der Waals surface area contributed by atoms with Crippen LogP contribution in [0.4, 0.5) is 8.78 Å². The largest absolute Gasteiger partial charge is 0.316 e. The second-order valence-electron chi connectivity index (χ2n) is 6.19. The van der Waals surface area contributed by atoms with Crippen molar-refractivity contribution < 1.29 is 8.78 Å². The van der Waals surface area contributed by atoms with Crippen molar-refractivity contribution in [2.45, 2.75) is 26.8 Å². The molecule has 1 saturated heterocycles. The Bertz CT molecular complexity index is 434. The van der Waals surface area contributed by atoms with Crippen LogP contribution in [0.2, 0.25) is 0 Å². The number of likely N-dealkylation sites (tertiary alicyclic amines) is 1. The summed E-state index contributed by atoms with van der Waals surface area (Å²) in [5, 5.41) is 3.49. The lowest BCUT2D eigenvalue weighted by molar-refractivity contribution is 0.312. The standard InChI is InChI=1S/C16H24F2N2/c1-12(2)8-19-9-14-5-6-20(11-14)10-13-3-4-15(17)16(18)7-13/h3-4,7,12,14,19H,5-6,8-11H2,1-2H3. The lowest BCUT2D eigenvalue weighted by atomic mass is 10.1. The zero-order valence-electron chi connectivity index (χ0n) is 12.3. The molecule has 1 heterocycles. The van der Waals surface area contributed by atoms with Crippen LogP contribution in [0, 0.1) is 23.5 Å². The molecular formula is C16H24F2N2. The number of benzene rings is 1. The number of hydrogen-bond acceptors (Lipinski definition) is 2. The topological polar surface area (TPSA) is 15.3 Å². The van der Waals surface area contributed by atoms with E-state index in [9.17, 15) is 8.78 Å². The van der Waals surface area contributed by atoms with Gasteiger partial charge in [0.2, 0.25) is 0 Å². The highest BCUT2D eigenvalue weighted by Gasteiger charge is 2.22. The molecule has 1 aromatic rings. The van der Waals surface area contributed by atoms with Gasteiger partial charge in [0.25, 0.3) is 0 Å². The third-order valence-corrected chi connectivity index (χ3v) is 3.75. The summed E-state index contributed by atoms with van der Waals surface area (Å²) >= 11 is 0. The van der Waals surface area contributed by atoms with Crippen molar-refractivity contribution in [2.75, 3.05) is 26.2 Å². The number of nitrogens with one attached hydrogen (secondary N) is 1. The molecule has 1 aliphatic rings. The van der Waals surface area contributed by atoms with E-state index in [0.29, 0.717) is 18.4 Å². The highest BCUT2D eigenvalue weighted by atomic mass is 19.2. The van der Waals surface area contributed by atoms with Crippen LogP contribution in [-0.2, 0) is 6.54 Å². The van der Waals surface area contributed by atoms with Gasteiger partial charge in [-0.15, -0.1) is 0 Å². The number of nitrogens with zero attached hydrogens (tertiary/aromatic N) is 1. The Balaban J connectivity index is 1.76. The van der Waals surface area contributed by atoms with Gasteiger partial charge in [0, 0.05) is 13.1 Å². The van der Waals surface area contributed by atoms with Crippen molar-refractivity contribution in [3.63, 3.8) is 0 Å². The third kappa shape index (κ3) is 4.53. The molecule has 2 nitrogen and oxygen atoms in total. The second kappa shape index (κ2) is 7.14. The van der Waals surface area contributed by atoms with E-state index in [-0.39, 0.29) is 0 Å². The maximum absolute atomic E-state index is 13.2. The van der Waals surface area contributed by atoms with Gasteiger partial charge in [-0.05, 0) is 55.6 Å². The molecule has 1 aliphatic heterocycles. The van der Waals surface area contributed by atoms with Gasteiger partial charge in [-0.3, -0.25) is 4.90 Å². The van der Waals surface area contributed by atoms with Crippen molar-refractivity contribution in [3.05, 3.63) is 35.4 Å². The van der Waals surface area contributed by atoms with E-state index in [1.54, 1.807) is 6.07 Å². The van der Waals surface area contributed by atoms with Gasteiger partial charge >= 0.3 is 0 Å². The molecule has 0 aromatic heterocycles. The predicted octanol–water partition coefficient (Wildman–Crippen LogP) is 3.03. The van der Waals surface area contributed by atoms with E-state index in [0.717, 1.165) is 31.7 Å². The average molecular weight is 282 g/mol. The summed E-state index contributed by atoms with van der Waals surface area (Å²) < 4.78 is 26.1. The summed E-state index contributed by atoms with van der Waals surface area (Å²) in [5.41, 5.74) is 0.847. The monoisotopic (exact) mass is 282 g/mol. The van der Waals surface area contributed by atoms with Gasteiger partial charge in [-0.2, -0.15) is 0 Å². The van der Waals surface area contributed by atoms with Gasteiger partial charge in [0.1, 0.15) is 0 Å². The molecule has 20 heavy (non-hydrogen) atoms. The second-order valence-corrected chi connectivity index (χ2v) is 6.19. The zero-order chi connectivity index (χ0) is 14.5. The maximum Gasteiger partial charge on any atom is 0.159 e. The summed E-state index contributed by atoms with van der Waals surface area (Å²) in [6.45, 7) is 9.29. The molecule has 1 fully saturated rings. The summed E-state index contributed by atoms with van der Waals surface area (Å²) in [4.78, 5) is 2.31. The Morgan fingerprint density at radius 1 is 1.30 bits per heavy atom. The number of hydrogen-bond donors (Lipinski definition) is 1. The van der Waals surface area contributed by atoms with Crippen molar-refractivity contribution in [2.24, 2.45) is 11.8 Å². The molecule has 0 aliphatic carbocycles. The predicted molar refractivity (Wildman–Crippen MR) is 77.4 cm³/mol. The van der Waals surface area contributed by atoms with E-state index in [1.807, 2.05) is 0 Å². The van der Waals surface area contributed by atoms with E-state index in [4.69, 9.17) is 0 Å². The number of rotatable bonds is 6. The van der Waals surface area contributed by atoms with Gasteiger partial charge < -0.3 is 5.32 Å². The Hall–Kier alpha value is -1.00. The molecule has 112 valence electrons. The van der Waals surface area contributed by atoms with Crippen LogP contribution >= 0.6 is 0 Å². The van der Waals surface area contributed by atoms with E-state index >= 15 is 0 Å². The fourth-order valence-corrected chi connectivity index (χ4v) is 2.70. The van der Waals surface area contributed by atoms with Crippen LogP contribution in [0.1, 0.15) is 25.8 Å². The van der Waals surface area contributed by atoms with Crippen LogP contribution in [0.5, 0.6) is 0 Å². The molecule has 2 rings (SSSR count). The van der Waals surface area contributed by atoms with Crippen molar-refractivity contribution in [3.8, 4) is 0 Å². The first-order chi connectivity index (χ1) is 9.54. The molecule has 0 amide bonds. The van der Waals surface area contributed by atoms with Gasteiger partial charge in [0.15, 0.2) is 11.6 Å². The van der Waals surface area contributed by atoms with Crippen LogP contribution in [0.15, 0.2) is 18.2 Å². The molecule has 1 unspecified atom stereocenters. The lowest BCUT2D eigenvalue weighted by Crippen LogP contribution is -2.28. The van der Waals surface area contributed by atoms with Crippen molar-refractivity contribution in [1.29, 1.82) is 0 Å². The minimum atomic E-state index is -0.772. The fourth-order valence-electron chi connectivity index (χ4n) is 2.70. The van der Waals surface area contributed by atoms with Crippen LogP contribution in [-0.4, -0.2) is 31.1 Å². The molecule has 1 N–H and O–H groups in total. The smallest absolute Gasteiger partial charge is 0.159 e. The van der Waals surface area contributed by atoms with Gasteiger partial charge in [-0.25, -0.2) is 8.78 Å². The van der Waals surface area contributed by atoms with E-state index in [2.05, 4.69) is 24.1 Å². The molecule has 0 spiro atoms. The first-order valence-corrected chi connectivity index (χ1v) is 7.41. The first-order valence-electron chi connectivity index (χ1n) is 7.41. The molecular weight excluding hydrogens is 258 g/mol. The summed E-state index contributed by atoms with van der Waals surface area (Å²) in [6, 6.07) is 4.19. The van der Waals surface area contributed by atoms with Gasteiger partial charge in [-0.1, -0.05) is 19.9 Å². The third-order valence-electron chi connectivity index (χ3n) is 3.75. The molecule has 4 heteroatoms. The Labute approximate surface area is 120 Å². The highest BCUT2D eigenvalue weighted by Crippen LogP contribution is 2.19. The zero-order valence-corrected chi connectivity index (χ0v) is 12.3. The fraction of sp³-hybridized carbons (Fsp3) is 0.625. The summed E-state index contributed by atoms with van der Waals surface area (Å²) in [6.07, 6.45) is 1.18. The molecule has 1 atom stereocenters. The summed E-state index contributed by atoms with van der Waals surface area (Å²) in [7, 11) is 0. The molecule has 0 radical (unpaired) electrons. The quantitative estimate of drug-likeness (QED) is 0.863. The number of halogens is 2. The SMILES string of the molecule is CC(C)CNCC1CCN(Cc2ccc(F)c(F)c2)C1. The van der Waals surface area contributed by atoms with Crippen molar-refractivity contribution in [1.82, 2.24) is 10.2 Å². The minimum absolute atomic E-state index is 0.666. The normalized spacial score (nSPS) is 19.9. The van der Waals surface area contributed by atoms with E-state index < -0.39 is 11.6 Å².